The fourth-order valence-corrected chi connectivity index (χ4v) is 2.32. The highest BCUT2D eigenvalue weighted by Crippen LogP contribution is 2.23. The number of carbonyl (C=O) groups excluding carboxylic acids is 2. The number of hydrogen-bond donors (Lipinski definition) is 2. The maximum absolute atomic E-state index is 12.6. The van der Waals surface area contributed by atoms with Gasteiger partial charge in [0.1, 0.15) is 12.2 Å². The van der Waals surface area contributed by atoms with Gasteiger partial charge in [-0.25, -0.2) is 15.0 Å². The molecule has 23 heavy (non-hydrogen) atoms. The van der Waals surface area contributed by atoms with Crippen molar-refractivity contribution in [2.75, 3.05) is 6.54 Å². The minimum atomic E-state index is -1.50. The zero-order chi connectivity index (χ0) is 16.9. The van der Waals surface area contributed by atoms with Gasteiger partial charge in [0.15, 0.2) is 0 Å². The normalized spacial score (nSPS) is 21.5. The van der Waals surface area contributed by atoms with E-state index in [0.29, 0.717) is 19.4 Å². The smallest absolute Gasteiger partial charge is 0.339 e. The second-order valence-electron chi connectivity index (χ2n) is 6.62. The number of hydrazine groups is 1. The van der Waals surface area contributed by atoms with Crippen molar-refractivity contribution in [2.45, 2.75) is 51.4 Å². The molecule has 1 atom stereocenters. The molecule has 1 unspecified atom stereocenters. The van der Waals surface area contributed by atoms with Gasteiger partial charge in [-0.2, -0.15) is 0 Å². The first-order valence-electron chi connectivity index (χ1n) is 7.78. The Hall–Kier alpha value is -1.92. The van der Waals surface area contributed by atoms with E-state index >= 15 is 0 Å². The highest BCUT2D eigenvalue weighted by Gasteiger charge is 2.51. The van der Waals surface area contributed by atoms with Gasteiger partial charge in [-0.15, -0.1) is 0 Å². The van der Waals surface area contributed by atoms with Crippen LogP contribution in [-0.2, 0) is 25.7 Å². The number of esters is 2. The fourth-order valence-electron chi connectivity index (χ4n) is 2.32. The Balaban J connectivity index is 2.10. The van der Waals surface area contributed by atoms with Gasteiger partial charge in [-0.05, 0) is 39.2 Å². The average Bonchev–Trinajstić information content (AvgIpc) is 2.52. The first kappa shape index (κ1) is 17.4. The van der Waals surface area contributed by atoms with E-state index in [1.54, 1.807) is 20.8 Å². The van der Waals surface area contributed by atoms with Crippen molar-refractivity contribution in [1.29, 1.82) is 0 Å². The number of nitrogens with one attached hydrogen (secondary N) is 2. The number of ether oxygens (including phenoxy) is 2. The lowest BCUT2D eigenvalue weighted by Crippen LogP contribution is -2.67. The standard InChI is InChI=1S/C17H24N2O4/c1-16(2,3)23-15(21)17(10-7-11-18-19-17)14(20)22-12-13-8-5-4-6-9-13/h4-6,8-9,18-19H,7,10-12H2,1-3H3. The molecule has 0 radical (unpaired) electrons. The highest BCUT2D eigenvalue weighted by atomic mass is 16.6. The second-order valence-corrected chi connectivity index (χ2v) is 6.62. The number of rotatable bonds is 4. The summed E-state index contributed by atoms with van der Waals surface area (Å²) in [6, 6.07) is 9.35. The van der Waals surface area contributed by atoms with Crippen LogP contribution in [0.15, 0.2) is 30.3 Å². The molecule has 2 rings (SSSR count). The molecule has 1 aromatic carbocycles. The van der Waals surface area contributed by atoms with E-state index in [0.717, 1.165) is 5.56 Å². The van der Waals surface area contributed by atoms with E-state index in [1.165, 1.54) is 0 Å². The molecule has 1 fully saturated rings. The van der Waals surface area contributed by atoms with Crippen LogP contribution in [-0.4, -0.2) is 29.6 Å². The summed E-state index contributed by atoms with van der Waals surface area (Å²) in [5, 5.41) is 0. The van der Waals surface area contributed by atoms with Crippen LogP contribution in [0.4, 0.5) is 0 Å². The summed E-state index contributed by atoms with van der Waals surface area (Å²) in [6.45, 7) is 6.10. The van der Waals surface area contributed by atoms with Gasteiger partial charge in [0, 0.05) is 6.54 Å². The van der Waals surface area contributed by atoms with Crippen molar-refractivity contribution in [3.8, 4) is 0 Å². The third-order valence-electron chi connectivity index (χ3n) is 3.46. The molecule has 0 aromatic heterocycles. The Morgan fingerprint density at radius 1 is 1.17 bits per heavy atom. The Labute approximate surface area is 136 Å². The van der Waals surface area contributed by atoms with Gasteiger partial charge in [-0.3, -0.25) is 5.43 Å². The van der Waals surface area contributed by atoms with Crippen molar-refractivity contribution in [3.05, 3.63) is 35.9 Å². The molecule has 1 heterocycles. The van der Waals surface area contributed by atoms with Gasteiger partial charge in [0.2, 0.25) is 5.54 Å². The van der Waals surface area contributed by atoms with E-state index in [-0.39, 0.29) is 6.61 Å². The monoisotopic (exact) mass is 320 g/mol. The molecule has 6 heteroatoms. The largest absolute Gasteiger partial charge is 0.459 e. The molecule has 6 nitrogen and oxygen atoms in total. The lowest BCUT2D eigenvalue weighted by molar-refractivity contribution is -0.177. The van der Waals surface area contributed by atoms with Crippen LogP contribution in [0, 0.1) is 0 Å². The third-order valence-corrected chi connectivity index (χ3v) is 3.46. The third kappa shape index (κ3) is 4.53. The van der Waals surface area contributed by atoms with Crippen LogP contribution < -0.4 is 10.9 Å². The predicted octanol–water partition coefficient (Wildman–Crippen LogP) is 1.70. The van der Waals surface area contributed by atoms with Crippen molar-refractivity contribution >= 4 is 11.9 Å². The summed E-state index contributed by atoms with van der Waals surface area (Å²) in [5.41, 5.74) is 4.35. The van der Waals surface area contributed by atoms with Crippen LogP contribution >= 0.6 is 0 Å². The molecule has 1 aliphatic rings. The molecule has 0 spiro atoms. The van der Waals surface area contributed by atoms with E-state index in [4.69, 9.17) is 9.47 Å². The minimum Gasteiger partial charge on any atom is -0.459 e. The zero-order valence-corrected chi connectivity index (χ0v) is 13.8. The molecule has 2 N–H and O–H groups in total. The molecule has 1 saturated heterocycles. The highest BCUT2D eigenvalue weighted by molar-refractivity contribution is 6.05. The second kappa shape index (κ2) is 7.10. The summed E-state index contributed by atoms with van der Waals surface area (Å²) in [5.74, 6) is -1.24. The van der Waals surface area contributed by atoms with Crippen molar-refractivity contribution in [1.82, 2.24) is 10.9 Å². The SMILES string of the molecule is CC(C)(C)OC(=O)C1(C(=O)OCc2ccccc2)CCCNN1. The van der Waals surface area contributed by atoms with Crippen molar-refractivity contribution in [3.63, 3.8) is 0 Å². The summed E-state index contributed by atoms with van der Waals surface area (Å²) in [7, 11) is 0. The maximum atomic E-state index is 12.6. The van der Waals surface area contributed by atoms with Gasteiger partial charge in [0.05, 0.1) is 0 Å². The first-order valence-corrected chi connectivity index (χ1v) is 7.78. The Morgan fingerprint density at radius 3 is 2.43 bits per heavy atom. The minimum absolute atomic E-state index is 0.117. The molecule has 1 aromatic rings. The number of hydrogen-bond acceptors (Lipinski definition) is 6. The lowest BCUT2D eigenvalue weighted by atomic mass is 9.92. The predicted molar refractivity (Wildman–Crippen MR) is 85.2 cm³/mol. The van der Waals surface area contributed by atoms with Gasteiger partial charge in [0.25, 0.3) is 0 Å². The van der Waals surface area contributed by atoms with E-state index in [9.17, 15) is 9.59 Å². The van der Waals surface area contributed by atoms with Crippen molar-refractivity contribution in [2.24, 2.45) is 0 Å². The average molecular weight is 320 g/mol. The molecule has 0 bridgehead atoms. The lowest BCUT2D eigenvalue weighted by Gasteiger charge is -2.36. The molecule has 0 aliphatic carbocycles. The summed E-state index contributed by atoms with van der Waals surface area (Å²) < 4.78 is 10.8. The van der Waals surface area contributed by atoms with Gasteiger partial charge >= 0.3 is 11.9 Å². The summed E-state index contributed by atoms with van der Waals surface area (Å²) in [4.78, 5) is 25.2. The molecule has 0 amide bonds. The molecular formula is C17H24N2O4. The number of carbonyl (C=O) groups is 2. The van der Waals surface area contributed by atoms with Crippen LogP contribution in [0.2, 0.25) is 0 Å². The molecule has 126 valence electrons. The summed E-state index contributed by atoms with van der Waals surface area (Å²) >= 11 is 0. The van der Waals surface area contributed by atoms with Gasteiger partial charge in [-0.1, -0.05) is 30.3 Å². The van der Waals surface area contributed by atoms with Crippen LogP contribution in [0.1, 0.15) is 39.2 Å². The van der Waals surface area contributed by atoms with Crippen molar-refractivity contribution < 1.29 is 19.1 Å². The van der Waals surface area contributed by atoms with E-state index < -0.39 is 23.1 Å². The van der Waals surface area contributed by atoms with Crippen LogP contribution in [0.5, 0.6) is 0 Å². The molecular weight excluding hydrogens is 296 g/mol. The first-order chi connectivity index (χ1) is 10.8. The Kier molecular flexibility index (Phi) is 5.38. The van der Waals surface area contributed by atoms with E-state index in [1.807, 2.05) is 30.3 Å². The van der Waals surface area contributed by atoms with Crippen LogP contribution in [0.25, 0.3) is 0 Å². The quantitative estimate of drug-likeness (QED) is 0.649. The number of benzene rings is 1. The van der Waals surface area contributed by atoms with Gasteiger partial charge < -0.3 is 9.47 Å². The zero-order valence-electron chi connectivity index (χ0n) is 13.8. The molecule has 0 saturated carbocycles. The fraction of sp³-hybridized carbons (Fsp3) is 0.529. The van der Waals surface area contributed by atoms with E-state index in [2.05, 4.69) is 10.9 Å². The Bertz CT molecular complexity index is 545. The molecule has 1 aliphatic heterocycles. The Morgan fingerprint density at radius 2 is 1.87 bits per heavy atom. The summed E-state index contributed by atoms with van der Waals surface area (Å²) in [6.07, 6.45) is 1.01. The maximum Gasteiger partial charge on any atom is 0.339 e. The topological polar surface area (TPSA) is 76.7 Å². The van der Waals surface area contributed by atoms with Crippen LogP contribution in [0.3, 0.4) is 0 Å².